The van der Waals surface area contributed by atoms with E-state index >= 15 is 0 Å². The van der Waals surface area contributed by atoms with Gasteiger partial charge in [0.2, 0.25) is 0 Å². The summed E-state index contributed by atoms with van der Waals surface area (Å²) in [6, 6.07) is 75.0. The predicted octanol–water partition coefficient (Wildman–Crippen LogP) is 15.6. The number of rotatable bonds is 7. The smallest absolute Gasteiger partial charge is 0.144 e. The van der Waals surface area contributed by atoms with Gasteiger partial charge in [-0.25, -0.2) is 0 Å². The Balaban J connectivity index is 1.03. The molecule has 0 N–H and O–H groups in total. The molecule has 0 bridgehead atoms. The number of para-hydroxylation sites is 2. The Bertz CT molecular complexity index is 3200. The van der Waals surface area contributed by atoms with Crippen LogP contribution in [0.3, 0.4) is 0 Å². The highest BCUT2D eigenvalue weighted by molar-refractivity contribution is 6.23. The number of nitrogens with zero attached hydrogens (tertiary/aromatic N) is 1. The Kier molecular flexibility index (Phi) is 7.82. The molecule has 9 aromatic carbocycles. The summed E-state index contributed by atoms with van der Waals surface area (Å²) in [6.45, 7) is 0. The zero-order chi connectivity index (χ0) is 37.7. The number of anilines is 3. The second kappa shape index (κ2) is 13.6. The van der Waals surface area contributed by atoms with Crippen LogP contribution in [0.1, 0.15) is 0 Å². The van der Waals surface area contributed by atoms with Crippen molar-refractivity contribution in [2.45, 2.75) is 0 Å². The number of fused-ring (bicyclic) bond motifs is 6. The third kappa shape index (κ3) is 5.68. The minimum absolute atomic E-state index is 0.849. The number of furan rings is 2. The van der Waals surface area contributed by atoms with Crippen molar-refractivity contribution in [1.82, 2.24) is 0 Å². The third-order valence-corrected chi connectivity index (χ3v) is 11.1. The first-order chi connectivity index (χ1) is 28.3. The Morgan fingerprint density at radius 2 is 0.842 bits per heavy atom. The molecule has 11 aromatic rings. The summed E-state index contributed by atoms with van der Waals surface area (Å²) in [5, 5.41) is 4.26. The van der Waals surface area contributed by atoms with Crippen molar-refractivity contribution in [2.75, 3.05) is 4.90 Å². The lowest BCUT2D eigenvalue weighted by molar-refractivity contribution is 0.664. The van der Waals surface area contributed by atoms with Crippen molar-refractivity contribution in [2.24, 2.45) is 0 Å². The molecule has 0 radical (unpaired) electrons. The maximum absolute atomic E-state index is 6.74. The van der Waals surface area contributed by atoms with Gasteiger partial charge in [-0.1, -0.05) is 158 Å². The normalized spacial score (nSPS) is 11.5. The van der Waals surface area contributed by atoms with Crippen molar-refractivity contribution in [3.05, 3.63) is 212 Å². The van der Waals surface area contributed by atoms with Crippen molar-refractivity contribution < 1.29 is 8.83 Å². The van der Waals surface area contributed by atoms with Crippen molar-refractivity contribution in [3.63, 3.8) is 0 Å². The van der Waals surface area contributed by atoms with E-state index in [0.29, 0.717) is 0 Å². The molecule has 0 amide bonds. The minimum Gasteiger partial charge on any atom is -0.456 e. The van der Waals surface area contributed by atoms with Crippen LogP contribution in [-0.2, 0) is 0 Å². The fourth-order valence-electron chi connectivity index (χ4n) is 8.37. The van der Waals surface area contributed by atoms with Gasteiger partial charge in [0.1, 0.15) is 22.3 Å². The summed E-state index contributed by atoms with van der Waals surface area (Å²) in [6.07, 6.45) is 0. The van der Waals surface area contributed by atoms with E-state index in [4.69, 9.17) is 8.83 Å². The first-order valence-corrected chi connectivity index (χ1v) is 19.3. The average Bonchev–Trinajstić information content (AvgIpc) is 3.85. The van der Waals surface area contributed by atoms with Crippen LogP contribution in [0.25, 0.3) is 88.4 Å². The van der Waals surface area contributed by atoms with Gasteiger partial charge in [0.25, 0.3) is 0 Å². The molecule has 2 heterocycles. The Morgan fingerprint density at radius 3 is 1.54 bits per heavy atom. The maximum atomic E-state index is 6.74. The summed E-state index contributed by atoms with van der Waals surface area (Å²) < 4.78 is 13.2. The molecule has 268 valence electrons. The predicted molar refractivity (Wildman–Crippen MR) is 237 cm³/mol. The van der Waals surface area contributed by atoms with Gasteiger partial charge in [0.15, 0.2) is 0 Å². The van der Waals surface area contributed by atoms with Crippen LogP contribution in [0, 0.1) is 0 Å². The molecule has 0 saturated carbocycles. The molecule has 0 aliphatic carbocycles. The molecule has 3 heteroatoms. The molecule has 0 unspecified atom stereocenters. The van der Waals surface area contributed by atoms with E-state index in [-0.39, 0.29) is 0 Å². The first-order valence-electron chi connectivity index (χ1n) is 19.3. The molecule has 57 heavy (non-hydrogen) atoms. The second-order valence-corrected chi connectivity index (χ2v) is 14.5. The highest BCUT2D eigenvalue weighted by Gasteiger charge is 2.22. The van der Waals surface area contributed by atoms with Crippen LogP contribution in [0.15, 0.2) is 221 Å². The summed E-state index contributed by atoms with van der Waals surface area (Å²) in [5.41, 5.74) is 15.8. The van der Waals surface area contributed by atoms with Crippen molar-refractivity contribution in [1.29, 1.82) is 0 Å². The number of hydrogen-bond donors (Lipinski definition) is 0. The lowest BCUT2D eigenvalue weighted by Crippen LogP contribution is -2.11. The molecule has 0 aliphatic rings. The average molecular weight is 730 g/mol. The van der Waals surface area contributed by atoms with Gasteiger partial charge >= 0.3 is 0 Å². The highest BCUT2D eigenvalue weighted by atomic mass is 16.3. The summed E-state index contributed by atoms with van der Waals surface area (Å²) in [7, 11) is 0. The fourth-order valence-corrected chi connectivity index (χ4v) is 8.37. The van der Waals surface area contributed by atoms with Crippen LogP contribution in [0.5, 0.6) is 0 Å². The van der Waals surface area contributed by atoms with E-state index in [2.05, 4.69) is 199 Å². The van der Waals surface area contributed by atoms with E-state index < -0.39 is 0 Å². The number of hydrogen-bond acceptors (Lipinski definition) is 3. The van der Waals surface area contributed by atoms with Gasteiger partial charge in [-0.15, -0.1) is 0 Å². The van der Waals surface area contributed by atoms with Gasteiger partial charge in [-0.3, -0.25) is 0 Å². The summed E-state index contributed by atoms with van der Waals surface area (Å²) in [4.78, 5) is 2.36. The topological polar surface area (TPSA) is 29.5 Å². The van der Waals surface area contributed by atoms with E-state index in [1.165, 1.54) is 22.3 Å². The van der Waals surface area contributed by atoms with E-state index in [0.717, 1.165) is 83.2 Å². The minimum atomic E-state index is 0.849. The maximum Gasteiger partial charge on any atom is 0.144 e. The molecule has 3 nitrogen and oxygen atoms in total. The van der Waals surface area contributed by atoms with Crippen LogP contribution in [0.4, 0.5) is 17.1 Å². The molecular weight excluding hydrogens is 695 g/mol. The molecular formula is C54H35NO2. The van der Waals surface area contributed by atoms with Crippen molar-refractivity contribution >= 4 is 60.9 Å². The second-order valence-electron chi connectivity index (χ2n) is 14.5. The Labute approximate surface area is 330 Å². The fraction of sp³-hybridized carbons (Fsp3) is 0. The molecule has 0 aliphatic heterocycles. The number of benzene rings is 9. The standard InChI is InChI=1S/C54H35NO2/c1-4-14-36(15-5-1)37-24-29-42(30-25-37)55(48-22-12-10-20-44(48)39-16-6-2-7-17-39)43-31-26-38(27-32-43)41-28-33-50-46(34-41)47-35-51-53(45-21-11-13-23-49(45)56-51)52(54(47)57-50)40-18-8-3-9-19-40/h1-35H. The molecule has 0 saturated heterocycles. The third-order valence-electron chi connectivity index (χ3n) is 11.1. The van der Waals surface area contributed by atoms with E-state index in [1.54, 1.807) is 0 Å². The van der Waals surface area contributed by atoms with Gasteiger partial charge in [0.05, 0.1) is 5.69 Å². The monoisotopic (exact) mass is 729 g/mol. The summed E-state index contributed by atoms with van der Waals surface area (Å²) >= 11 is 0. The van der Waals surface area contributed by atoms with Gasteiger partial charge in [0, 0.05) is 44.0 Å². The molecule has 0 spiro atoms. The van der Waals surface area contributed by atoms with Gasteiger partial charge in [-0.2, -0.15) is 0 Å². The first kappa shape index (κ1) is 32.8. The molecule has 2 aromatic heterocycles. The van der Waals surface area contributed by atoms with Gasteiger partial charge < -0.3 is 13.7 Å². The highest BCUT2D eigenvalue weighted by Crippen LogP contribution is 2.46. The SMILES string of the molecule is c1ccc(-c2ccc(N(c3ccc(-c4ccc5oc6c(-c7ccccc7)c7c(cc6c5c4)oc4ccccc47)cc3)c3ccccc3-c3ccccc3)cc2)cc1. The molecule has 11 rings (SSSR count). The zero-order valence-corrected chi connectivity index (χ0v) is 31.0. The zero-order valence-electron chi connectivity index (χ0n) is 31.0. The van der Waals surface area contributed by atoms with Crippen molar-refractivity contribution in [3.8, 4) is 44.5 Å². The largest absolute Gasteiger partial charge is 0.456 e. The van der Waals surface area contributed by atoms with Crippen LogP contribution in [-0.4, -0.2) is 0 Å². The van der Waals surface area contributed by atoms with Crippen LogP contribution < -0.4 is 4.90 Å². The van der Waals surface area contributed by atoms with E-state index in [9.17, 15) is 0 Å². The quantitative estimate of drug-likeness (QED) is 0.164. The van der Waals surface area contributed by atoms with Gasteiger partial charge in [-0.05, 0) is 88.0 Å². The Morgan fingerprint density at radius 1 is 0.316 bits per heavy atom. The molecule has 0 fully saturated rings. The lowest BCUT2D eigenvalue weighted by Gasteiger charge is -2.28. The van der Waals surface area contributed by atoms with Crippen LogP contribution in [0.2, 0.25) is 0 Å². The van der Waals surface area contributed by atoms with Crippen LogP contribution >= 0.6 is 0 Å². The lowest BCUT2D eigenvalue weighted by atomic mass is 9.96. The van der Waals surface area contributed by atoms with E-state index in [1.807, 2.05) is 18.2 Å². The Hall–Kier alpha value is -7.62. The molecule has 0 atom stereocenters. The summed E-state index contributed by atoms with van der Waals surface area (Å²) in [5.74, 6) is 0.